The fourth-order valence-corrected chi connectivity index (χ4v) is 3.76. The summed E-state index contributed by atoms with van der Waals surface area (Å²) in [6.07, 6.45) is -5.32. The highest BCUT2D eigenvalue weighted by molar-refractivity contribution is 5.82. The number of hydrogen-bond donors (Lipinski definition) is 1. The lowest BCUT2D eigenvalue weighted by Gasteiger charge is -2.18. The van der Waals surface area contributed by atoms with Gasteiger partial charge in [-0.2, -0.15) is 13.2 Å². The van der Waals surface area contributed by atoms with Gasteiger partial charge in [-0.05, 0) is 11.8 Å². The minimum Gasteiger partial charge on any atom is -0.481 e. The van der Waals surface area contributed by atoms with Crippen molar-refractivity contribution in [3.05, 3.63) is 46.5 Å². The van der Waals surface area contributed by atoms with Gasteiger partial charge in [0.25, 0.3) is 0 Å². The molecule has 3 nitrogen and oxygen atoms in total. The minimum absolute atomic E-state index is 0.167. The van der Waals surface area contributed by atoms with E-state index in [1.54, 1.807) is 0 Å². The Bertz CT molecular complexity index is 800. The summed E-state index contributed by atoms with van der Waals surface area (Å²) >= 11 is 0. The smallest absolute Gasteiger partial charge is 0.409 e. The quantitative estimate of drug-likeness (QED) is 0.414. The summed E-state index contributed by atoms with van der Waals surface area (Å²) < 4.78 is 98.8. The molecule has 1 aliphatic rings. The van der Waals surface area contributed by atoms with Crippen molar-refractivity contribution in [2.75, 3.05) is 7.11 Å². The Labute approximate surface area is 155 Å². The molecule has 0 spiro atoms. The molecule has 28 heavy (non-hydrogen) atoms. The third-order valence-electron chi connectivity index (χ3n) is 5.42. The van der Waals surface area contributed by atoms with Gasteiger partial charge in [0, 0.05) is 24.7 Å². The maximum atomic E-state index is 14.4. The molecule has 0 saturated heterocycles. The van der Waals surface area contributed by atoms with Gasteiger partial charge in [-0.15, -0.1) is 0 Å². The minimum atomic E-state index is -4.72. The Hall–Kier alpha value is -2.10. The van der Waals surface area contributed by atoms with Gasteiger partial charge in [0.1, 0.15) is 0 Å². The van der Waals surface area contributed by atoms with Gasteiger partial charge in [0.2, 0.25) is 0 Å². The van der Waals surface area contributed by atoms with E-state index >= 15 is 0 Å². The van der Waals surface area contributed by atoms with Crippen LogP contribution in [0.2, 0.25) is 0 Å². The molecule has 1 aromatic carbocycles. The molecule has 1 fully saturated rings. The van der Waals surface area contributed by atoms with Crippen LogP contribution in [0.4, 0.5) is 30.7 Å². The molecule has 0 aromatic heterocycles. The number of carboxylic acids is 1. The first-order chi connectivity index (χ1) is 12.7. The highest BCUT2D eigenvalue weighted by Gasteiger charge is 2.74. The summed E-state index contributed by atoms with van der Waals surface area (Å²) in [4.78, 5) is 11.8. The summed E-state index contributed by atoms with van der Waals surface area (Å²) in [5.41, 5.74) is -5.60. The Balaban J connectivity index is 2.56. The lowest BCUT2D eigenvalue weighted by atomic mass is 9.87. The summed E-state index contributed by atoms with van der Waals surface area (Å²) in [6.45, 7) is 1.83. The molecule has 156 valence electrons. The Kier molecular flexibility index (Phi) is 5.59. The van der Waals surface area contributed by atoms with Crippen LogP contribution >= 0.6 is 0 Å². The standard InChI is InChI=1S/C18H17F7O3/c1-16(2)10(4-5-18(23,24)25)17(16,15(26)27)6-8-11(19)13(21)9(7-28-3)14(22)12(8)20/h4-5,10H,6-7H2,1-3H3,(H,26,27)/b5-4-/t10?,17-/m0/s1. The van der Waals surface area contributed by atoms with E-state index in [9.17, 15) is 40.6 Å². The van der Waals surface area contributed by atoms with Crippen molar-refractivity contribution in [3.8, 4) is 0 Å². The van der Waals surface area contributed by atoms with Crippen molar-refractivity contribution in [2.45, 2.75) is 33.1 Å². The van der Waals surface area contributed by atoms with Crippen LogP contribution in [0.15, 0.2) is 12.2 Å². The SMILES string of the molecule is COCc1c(F)c(F)c(C[C@@]2(C(=O)O)C(/C=C\C(F)(F)F)C2(C)C)c(F)c1F. The number of allylic oxidation sites excluding steroid dienone is 2. The van der Waals surface area contributed by atoms with Crippen LogP contribution in [0.1, 0.15) is 25.0 Å². The van der Waals surface area contributed by atoms with Gasteiger partial charge in [-0.25, -0.2) is 17.6 Å². The second kappa shape index (κ2) is 7.06. The van der Waals surface area contributed by atoms with Crippen LogP contribution in [-0.4, -0.2) is 24.4 Å². The predicted molar refractivity (Wildman–Crippen MR) is 83.2 cm³/mol. The molecule has 0 radical (unpaired) electrons. The molecule has 10 heteroatoms. The third kappa shape index (κ3) is 3.38. The van der Waals surface area contributed by atoms with Crippen LogP contribution in [0.25, 0.3) is 0 Å². The number of carboxylic acid groups (broad SMARTS) is 1. The van der Waals surface area contributed by atoms with Crippen molar-refractivity contribution < 1.29 is 45.4 Å². The number of alkyl halides is 3. The van der Waals surface area contributed by atoms with Crippen molar-refractivity contribution in [3.63, 3.8) is 0 Å². The number of benzene rings is 1. The molecule has 0 heterocycles. The number of rotatable bonds is 6. The van der Waals surface area contributed by atoms with E-state index in [-0.39, 0.29) is 6.08 Å². The van der Waals surface area contributed by atoms with Crippen LogP contribution in [0, 0.1) is 40.0 Å². The van der Waals surface area contributed by atoms with Crippen molar-refractivity contribution in [1.29, 1.82) is 0 Å². The maximum absolute atomic E-state index is 14.4. The molecule has 0 bridgehead atoms. The first-order valence-corrected chi connectivity index (χ1v) is 8.04. The maximum Gasteiger partial charge on any atom is 0.409 e. The van der Waals surface area contributed by atoms with Gasteiger partial charge in [-0.1, -0.05) is 19.9 Å². The molecule has 2 rings (SSSR count). The Morgan fingerprint density at radius 2 is 1.54 bits per heavy atom. The van der Waals surface area contributed by atoms with Gasteiger partial charge < -0.3 is 9.84 Å². The van der Waals surface area contributed by atoms with Crippen LogP contribution in [0.5, 0.6) is 0 Å². The number of halogens is 7. The fraction of sp³-hybridized carbons (Fsp3) is 0.500. The van der Waals surface area contributed by atoms with Crippen molar-refractivity contribution in [2.24, 2.45) is 16.7 Å². The van der Waals surface area contributed by atoms with Crippen LogP contribution < -0.4 is 0 Å². The van der Waals surface area contributed by atoms with E-state index in [2.05, 4.69) is 4.74 Å². The first-order valence-electron chi connectivity index (χ1n) is 8.04. The number of methoxy groups -OCH3 is 1. The Morgan fingerprint density at radius 3 is 1.93 bits per heavy atom. The Morgan fingerprint density at radius 1 is 1.07 bits per heavy atom. The second-order valence-electron chi connectivity index (χ2n) is 7.20. The van der Waals surface area contributed by atoms with Crippen LogP contribution in [-0.2, 0) is 22.6 Å². The molecular weight excluding hydrogens is 397 g/mol. The average Bonchev–Trinajstić information content (AvgIpc) is 3.06. The highest BCUT2D eigenvalue weighted by atomic mass is 19.4. The summed E-state index contributed by atoms with van der Waals surface area (Å²) in [7, 11) is 1.05. The molecule has 2 atom stereocenters. The number of hydrogen-bond acceptors (Lipinski definition) is 2. The number of aliphatic carboxylic acids is 1. The average molecular weight is 414 g/mol. The number of ether oxygens (including phenoxy) is 1. The summed E-state index contributed by atoms with van der Waals surface area (Å²) in [5.74, 6) is -9.97. The molecule has 1 unspecified atom stereocenters. The molecule has 1 aromatic rings. The lowest BCUT2D eigenvalue weighted by molar-refractivity contribution is -0.145. The third-order valence-corrected chi connectivity index (χ3v) is 5.42. The van der Waals surface area contributed by atoms with Gasteiger partial charge in [0.05, 0.1) is 17.6 Å². The molecule has 0 amide bonds. The molecule has 1 saturated carbocycles. The highest BCUT2D eigenvalue weighted by Crippen LogP contribution is 2.71. The van der Waals surface area contributed by atoms with Crippen molar-refractivity contribution in [1.82, 2.24) is 0 Å². The van der Waals surface area contributed by atoms with Crippen LogP contribution in [0.3, 0.4) is 0 Å². The zero-order valence-corrected chi connectivity index (χ0v) is 15.1. The lowest BCUT2D eigenvalue weighted by Crippen LogP contribution is -2.26. The summed E-state index contributed by atoms with van der Waals surface area (Å²) in [5, 5.41) is 9.59. The van der Waals surface area contributed by atoms with Gasteiger partial charge in [0.15, 0.2) is 23.3 Å². The van der Waals surface area contributed by atoms with E-state index in [1.807, 2.05) is 0 Å². The predicted octanol–water partition coefficient (Wildman–Crippen LogP) is 4.78. The van der Waals surface area contributed by atoms with Gasteiger partial charge in [-0.3, -0.25) is 4.79 Å². The molecular formula is C18H17F7O3. The molecule has 1 N–H and O–H groups in total. The normalized spacial score (nSPS) is 24.0. The topological polar surface area (TPSA) is 46.5 Å². The number of carbonyl (C=O) groups is 1. The van der Waals surface area contributed by atoms with E-state index in [0.717, 1.165) is 7.11 Å². The fourth-order valence-electron chi connectivity index (χ4n) is 3.76. The first kappa shape index (κ1) is 22.2. The van der Waals surface area contributed by atoms with Crippen molar-refractivity contribution >= 4 is 5.97 Å². The summed E-state index contributed by atoms with van der Waals surface area (Å²) in [6, 6.07) is 0. The van der Waals surface area contributed by atoms with Gasteiger partial charge >= 0.3 is 12.1 Å². The van der Waals surface area contributed by atoms with E-state index in [1.165, 1.54) is 13.8 Å². The van der Waals surface area contributed by atoms with E-state index in [0.29, 0.717) is 6.08 Å². The largest absolute Gasteiger partial charge is 0.481 e. The molecule has 0 aliphatic heterocycles. The zero-order chi connectivity index (χ0) is 21.7. The van der Waals surface area contributed by atoms with E-state index < -0.39 is 76.3 Å². The zero-order valence-electron chi connectivity index (χ0n) is 15.1. The monoisotopic (exact) mass is 414 g/mol. The second-order valence-corrected chi connectivity index (χ2v) is 7.20. The molecule has 1 aliphatic carbocycles. The van der Waals surface area contributed by atoms with E-state index in [4.69, 9.17) is 0 Å².